The molecule has 0 atom stereocenters. The largest absolute Gasteiger partial charge is 0.493 e. The fraction of sp³-hybridized carbons (Fsp3) is 0.364. The van der Waals surface area contributed by atoms with E-state index in [9.17, 15) is 9.59 Å². The maximum absolute atomic E-state index is 12.7. The van der Waals surface area contributed by atoms with E-state index < -0.39 is 11.9 Å². The molecule has 0 bridgehead atoms. The van der Waals surface area contributed by atoms with Gasteiger partial charge in [-0.1, -0.05) is 13.8 Å². The highest BCUT2D eigenvalue weighted by atomic mass is 16.5. The normalized spacial score (nSPS) is 14.7. The second-order valence-electron chi connectivity index (χ2n) is 7.28. The Hall–Kier alpha value is -2.82. The zero-order valence-corrected chi connectivity index (χ0v) is 16.1. The molecule has 1 aliphatic rings. The molecule has 0 saturated carbocycles. The van der Waals surface area contributed by atoms with E-state index in [1.165, 1.54) is 0 Å². The molecule has 5 heteroatoms. The van der Waals surface area contributed by atoms with Crippen LogP contribution in [0, 0.1) is 6.92 Å². The fourth-order valence-corrected chi connectivity index (χ4v) is 3.14. The lowest BCUT2D eigenvalue weighted by molar-refractivity contribution is 0.0526. The van der Waals surface area contributed by atoms with Gasteiger partial charge in [0.15, 0.2) is 0 Å². The highest BCUT2D eigenvalue weighted by molar-refractivity contribution is 5.93. The van der Waals surface area contributed by atoms with Gasteiger partial charge in [0.25, 0.3) is 0 Å². The zero-order chi connectivity index (χ0) is 19.6. The van der Waals surface area contributed by atoms with Crippen LogP contribution in [0.3, 0.4) is 0 Å². The van der Waals surface area contributed by atoms with Gasteiger partial charge in [0, 0.05) is 5.56 Å². The van der Waals surface area contributed by atoms with E-state index in [1.807, 2.05) is 19.1 Å². The molecule has 3 rings (SSSR count). The number of hydrogen-bond acceptors (Lipinski definition) is 5. The molecular weight excluding hydrogens is 344 g/mol. The molecule has 2 aromatic rings. The summed E-state index contributed by atoms with van der Waals surface area (Å²) in [7, 11) is 0. The summed E-state index contributed by atoms with van der Waals surface area (Å²) < 4.78 is 16.2. The van der Waals surface area contributed by atoms with Crippen LogP contribution in [0.5, 0.6) is 11.5 Å². The number of rotatable bonds is 4. The number of hydrogen-bond donors (Lipinski definition) is 0. The third kappa shape index (κ3) is 3.97. The average Bonchev–Trinajstić information content (AvgIpc) is 2.61. The molecule has 0 radical (unpaired) electrons. The Labute approximate surface area is 159 Å². The van der Waals surface area contributed by atoms with E-state index in [2.05, 4.69) is 13.8 Å². The van der Waals surface area contributed by atoms with E-state index in [4.69, 9.17) is 14.2 Å². The Balaban J connectivity index is 1.81. The van der Waals surface area contributed by atoms with Crippen molar-refractivity contribution in [3.05, 3.63) is 58.7 Å². The molecule has 27 heavy (non-hydrogen) atoms. The van der Waals surface area contributed by atoms with Gasteiger partial charge < -0.3 is 14.2 Å². The number of aryl methyl sites for hydroxylation is 1. The van der Waals surface area contributed by atoms with Gasteiger partial charge in [-0.25, -0.2) is 9.59 Å². The molecule has 0 aromatic heterocycles. The van der Waals surface area contributed by atoms with E-state index >= 15 is 0 Å². The molecule has 142 valence electrons. The van der Waals surface area contributed by atoms with E-state index in [1.54, 1.807) is 31.2 Å². The fourth-order valence-electron chi connectivity index (χ4n) is 3.14. The molecule has 0 N–H and O–H groups in total. The van der Waals surface area contributed by atoms with Crippen LogP contribution in [0.4, 0.5) is 0 Å². The van der Waals surface area contributed by atoms with Crippen molar-refractivity contribution < 1.29 is 23.8 Å². The molecule has 0 aliphatic carbocycles. The second kappa shape index (κ2) is 7.43. The van der Waals surface area contributed by atoms with Gasteiger partial charge >= 0.3 is 11.9 Å². The summed E-state index contributed by atoms with van der Waals surface area (Å²) in [4.78, 5) is 24.4. The third-order valence-corrected chi connectivity index (χ3v) is 4.84. The summed E-state index contributed by atoms with van der Waals surface area (Å²) in [5.41, 5.74) is 2.70. The Morgan fingerprint density at radius 2 is 1.81 bits per heavy atom. The molecule has 0 saturated heterocycles. The van der Waals surface area contributed by atoms with Gasteiger partial charge in [0.05, 0.1) is 24.3 Å². The Morgan fingerprint density at radius 1 is 1.11 bits per heavy atom. The van der Waals surface area contributed by atoms with Gasteiger partial charge in [-0.3, -0.25) is 0 Å². The van der Waals surface area contributed by atoms with Gasteiger partial charge in [-0.2, -0.15) is 0 Å². The van der Waals surface area contributed by atoms with Crippen LogP contribution in [-0.2, 0) is 10.2 Å². The lowest BCUT2D eigenvalue weighted by Gasteiger charge is -2.33. The zero-order valence-electron chi connectivity index (χ0n) is 16.1. The van der Waals surface area contributed by atoms with Crippen LogP contribution in [0.15, 0.2) is 36.4 Å². The number of ether oxygens (including phenoxy) is 3. The summed E-state index contributed by atoms with van der Waals surface area (Å²) in [6.07, 6.45) is 0.896. The molecule has 0 unspecified atom stereocenters. The van der Waals surface area contributed by atoms with Crippen molar-refractivity contribution in [2.24, 2.45) is 0 Å². The van der Waals surface area contributed by atoms with Crippen molar-refractivity contribution in [3.8, 4) is 11.5 Å². The van der Waals surface area contributed by atoms with Crippen molar-refractivity contribution >= 4 is 11.9 Å². The number of carbonyl (C=O) groups excluding carboxylic acids is 2. The molecule has 1 heterocycles. The van der Waals surface area contributed by atoms with Crippen LogP contribution in [-0.4, -0.2) is 25.2 Å². The minimum Gasteiger partial charge on any atom is -0.493 e. The molecule has 5 nitrogen and oxygen atoms in total. The van der Waals surface area contributed by atoms with E-state index in [-0.39, 0.29) is 5.41 Å². The highest BCUT2D eigenvalue weighted by Crippen LogP contribution is 2.39. The van der Waals surface area contributed by atoms with Gasteiger partial charge in [-0.15, -0.1) is 0 Å². The first-order valence-electron chi connectivity index (χ1n) is 9.09. The van der Waals surface area contributed by atoms with Crippen LogP contribution >= 0.6 is 0 Å². The second-order valence-corrected chi connectivity index (χ2v) is 7.28. The van der Waals surface area contributed by atoms with Crippen LogP contribution in [0.2, 0.25) is 0 Å². The number of carbonyl (C=O) groups is 2. The monoisotopic (exact) mass is 368 g/mol. The lowest BCUT2D eigenvalue weighted by atomic mass is 9.78. The molecule has 0 amide bonds. The maximum atomic E-state index is 12.7. The lowest BCUT2D eigenvalue weighted by Crippen LogP contribution is -2.27. The average molecular weight is 368 g/mol. The quantitative estimate of drug-likeness (QED) is 0.589. The first-order chi connectivity index (χ1) is 12.8. The van der Waals surface area contributed by atoms with Crippen molar-refractivity contribution in [1.82, 2.24) is 0 Å². The van der Waals surface area contributed by atoms with Crippen LogP contribution < -0.4 is 9.47 Å². The van der Waals surface area contributed by atoms with Crippen LogP contribution in [0.1, 0.15) is 59.0 Å². The molecular formula is C22H24O5. The van der Waals surface area contributed by atoms with Gasteiger partial charge in [-0.05, 0) is 67.6 Å². The Bertz CT molecular complexity index is 865. The summed E-state index contributed by atoms with van der Waals surface area (Å²) in [6.45, 7) is 8.90. The predicted molar refractivity (Wildman–Crippen MR) is 102 cm³/mol. The molecule has 0 spiro atoms. The third-order valence-electron chi connectivity index (χ3n) is 4.84. The summed E-state index contributed by atoms with van der Waals surface area (Å²) in [5, 5.41) is 0. The van der Waals surface area contributed by atoms with E-state index in [0.29, 0.717) is 30.1 Å². The summed E-state index contributed by atoms with van der Waals surface area (Å²) in [5.74, 6) is 0.378. The van der Waals surface area contributed by atoms with Gasteiger partial charge in [0.1, 0.15) is 11.5 Å². The molecule has 1 aliphatic heterocycles. The minimum absolute atomic E-state index is 0.0579. The minimum atomic E-state index is -0.430. The van der Waals surface area contributed by atoms with Crippen molar-refractivity contribution in [2.75, 3.05) is 13.2 Å². The first-order valence-corrected chi connectivity index (χ1v) is 9.09. The highest BCUT2D eigenvalue weighted by Gasteiger charge is 2.30. The SMILES string of the molecule is CCOC(=O)c1ccc(OC(=O)c2cc3c(cc2C)OCCC3(C)C)cc1. The van der Waals surface area contributed by atoms with Gasteiger partial charge in [0.2, 0.25) is 0 Å². The Morgan fingerprint density at radius 3 is 2.48 bits per heavy atom. The van der Waals surface area contributed by atoms with Crippen molar-refractivity contribution in [1.29, 1.82) is 0 Å². The van der Waals surface area contributed by atoms with Crippen molar-refractivity contribution in [3.63, 3.8) is 0 Å². The standard InChI is InChI=1S/C22H24O5/c1-5-25-20(23)15-6-8-16(9-7-15)27-21(24)17-13-18-19(12-14(17)2)26-11-10-22(18,3)4/h6-9,12-13H,5,10-11H2,1-4H3. The maximum Gasteiger partial charge on any atom is 0.343 e. The number of esters is 2. The first kappa shape index (κ1) is 19.0. The summed E-state index contributed by atoms with van der Waals surface area (Å²) >= 11 is 0. The van der Waals surface area contributed by atoms with Crippen molar-refractivity contribution in [2.45, 2.75) is 39.5 Å². The number of fused-ring (bicyclic) bond motifs is 1. The predicted octanol–water partition coefficient (Wildman–Crippen LogP) is 4.45. The topological polar surface area (TPSA) is 61.8 Å². The summed E-state index contributed by atoms with van der Waals surface area (Å²) in [6, 6.07) is 10.1. The molecule has 0 fully saturated rings. The van der Waals surface area contributed by atoms with E-state index in [0.717, 1.165) is 23.3 Å². The number of benzene rings is 2. The Kier molecular flexibility index (Phi) is 5.22. The van der Waals surface area contributed by atoms with Crippen LogP contribution in [0.25, 0.3) is 0 Å². The smallest absolute Gasteiger partial charge is 0.343 e. The molecule has 2 aromatic carbocycles.